The van der Waals surface area contributed by atoms with Gasteiger partial charge in [0, 0.05) is 30.7 Å². The fourth-order valence-corrected chi connectivity index (χ4v) is 2.77. The van der Waals surface area contributed by atoms with Crippen LogP contribution in [-0.4, -0.2) is 35.6 Å². The first kappa shape index (κ1) is 19.2. The summed E-state index contributed by atoms with van der Waals surface area (Å²) in [4.78, 5) is 26.2. The number of benzene rings is 1. The quantitative estimate of drug-likeness (QED) is 0.878. The monoisotopic (exact) mass is 347 g/mol. The number of nitrogens with two attached hydrogens (primary N) is 1. The lowest BCUT2D eigenvalue weighted by atomic mass is 9.96. The zero-order chi connectivity index (χ0) is 18.6. The highest BCUT2D eigenvalue weighted by Gasteiger charge is 2.29. The van der Waals surface area contributed by atoms with E-state index in [2.05, 4.69) is 5.32 Å². The molecule has 1 aromatic carbocycles. The maximum absolute atomic E-state index is 12.4. The standard InChI is InChI=1S/C19H29N3O3/c1-13(20)14-5-7-16(8-6-14)21-17(23)15-9-11-22(12-10-15)18(24)25-19(2,3)4/h5-8,13,15H,9-12,20H2,1-4H3,(H,21,23). The predicted octanol–water partition coefficient (Wildman–Crippen LogP) is 3.29. The number of nitrogens with one attached hydrogen (secondary N) is 1. The second-order valence-electron chi connectivity index (χ2n) is 7.64. The normalized spacial score (nSPS) is 17.1. The van der Waals surface area contributed by atoms with Gasteiger partial charge in [-0.1, -0.05) is 12.1 Å². The van der Waals surface area contributed by atoms with Crippen LogP contribution in [-0.2, 0) is 9.53 Å². The zero-order valence-corrected chi connectivity index (χ0v) is 15.5. The van der Waals surface area contributed by atoms with Crippen molar-refractivity contribution in [3.63, 3.8) is 0 Å². The molecule has 6 heteroatoms. The van der Waals surface area contributed by atoms with E-state index in [1.807, 2.05) is 52.0 Å². The Hall–Kier alpha value is -2.08. The lowest BCUT2D eigenvalue weighted by molar-refractivity contribution is -0.121. The molecule has 25 heavy (non-hydrogen) atoms. The van der Waals surface area contributed by atoms with E-state index in [1.54, 1.807) is 4.90 Å². The van der Waals surface area contributed by atoms with Crippen molar-refractivity contribution in [2.75, 3.05) is 18.4 Å². The summed E-state index contributed by atoms with van der Waals surface area (Å²) in [7, 11) is 0. The number of carbonyl (C=O) groups excluding carboxylic acids is 2. The lowest BCUT2D eigenvalue weighted by Gasteiger charge is -2.32. The van der Waals surface area contributed by atoms with Crippen molar-refractivity contribution >= 4 is 17.7 Å². The van der Waals surface area contributed by atoms with E-state index in [-0.39, 0.29) is 24.0 Å². The Morgan fingerprint density at radius 3 is 2.24 bits per heavy atom. The number of ether oxygens (including phenoxy) is 1. The van der Waals surface area contributed by atoms with Crippen LogP contribution in [0.1, 0.15) is 52.1 Å². The average Bonchev–Trinajstić information content (AvgIpc) is 2.54. The number of piperidine rings is 1. The van der Waals surface area contributed by atoms with Crippen LogP contribution in [0.4, 0.5) is 10.5 Å². The predicted molar refractivity (Wildman–Crippen MR) is 98.2 cm³/mol. The van der Waals surface area contributed by atoms with Crippen molar-refractivity contribution in [3.8, 4) is 0 Å². The van der Waals surface area contributed by atoms with Gasteiger partial charge in [0.25, 0.3) is 0 Å². The third-order valence-corrected chi connectivity index (χ3v) is 4.22. The van der Waals surface area contributed by atoms with Gasteiger partial charge in [-0.3, -0.25) is 4.79 Å². The second-order valence-corrected chi connectivity index (χ2v) is 7.64. The van der Waals surface area contributed by atoms with Crippen LogP contribution >= 0.6 is 0 Å². The summed E-state index contributed by atoms with van der Waals surface area (Å²) in [5.74, 6) is -0.0934. The van der Waals surface area contributed by atoms with Crippen molar-refractivity contribution in [1.82, 2.24) is 4.90 Å². The molecule has 1 saturated heterocycles. The third-order valence-electron chi connectivity index (χ3n) is 4.22. The van der Waals surface area contributed by atoms with Gasteiger partial charge < -0.3 is 20.7 Å². The van der Waals surface area contributed by atoms with Gasteiger partial charge in [-0.05, 0) is 58.2 Å². The van der Waals surface area contributed by atoms with Gasteiger partial charge in [0.2, 0.25) is 5.91 Å². The SMILES string of the molecule is CC(N)c1ccc(NC(=O)C2CCN(C(=O)OC(C)(C)C)CC2)cc1. The van der Waals surface area contributed by atoms with Crippen molar-refractivity contribution in [1.29, 1.82) is 0 Å². The van der Waals surface area contributed by atoms with Crippen LogP contribution in [0.2, 0.25) is 0 Å². The van der Waals surface area contributed by atoms with Crippen molar-refractivity contribution in [2.45, 2.75) is 52.2 Å². The molecule has 0 radical (unpaired) electrons. The van der Waals surface area contributed by atoms with Gasteiger partial charge in [0.05, 0.1) is 0 Å². The van der Waals surface area contributed by atoms with Crippen LogP contribution in [0.25, 0.3) is 0 Å². The first-order chi connectivity index (χ1) is 11.7. The number of hydrogen-bond acceptors (Lipinski definition) is 4. The van der Waals surface area contributed by atoms with E-state index < -0.39 is 5.60 Å². The summed E-state index contributed by atoms with van der Waals surface area (Å²) in [5.41, 5.74) is 7.13. The molecule has 1 heterocycles. The number of rotatable bonds is 3. The maximum Gasteiger partial charge on any atom is 0.410 e. The van der Waals surface area contributed by atoms with Crippen LogP contribution in [0, 0.1) is 5.92 Å². The number of likely N-dealkylation sites (tertiary alicyclic amines) is 1. The number of hydrogen-bond donors (Lipinski definition) is 2. The van der Waals surface area contributed by atoms with Gasteiger partial charge in [-0.2, -0.15) is 0 Å². The van der Waals surface area contributed by atoms with Gasteiger partial charge in [-0.25, -0.2) is 4.79 Å². The number of nitrogens with zero attached hydrogens (tertiary/aromatic N) is 1. The Kier molecular flexibility index (Phi) is 6.06. The van der Waals surface area contributed by atoms with Crippen molar-refractivity contribution in [3.05, 3.63) is 29.8 Å². The fraction of sp³-hybridized carbons (Fsp3) is 0.579. The summed E-state index contributed by atoms with van der Waals surface area (Å²) in [6.45, 7) is 8.55. The molecule has 1 fully saturated rings. The molecule has 6 nitrogen and oxygen atoms in total. The number of amides is 2. The topological polar surface area (TPSA) is 84.7 Å². The third kappa shape index (κ3) is 5.74. The van der Waals surface area contributed by atoms with Gasteiger partial charge in [0.15, 0.2) is 0 Å². The molecule has 138 valence electrons. The summed E-state index contributed by atoms with van der Waals surface area (Å²) in [5, 5.41) is 2.95. The smallest absolute Gasteiger partial charge is 0.410 e. The highest BCUT2D eigenvalue weighted by atomic mass is 16.6. The summed E-state index contributed by atoms with van der Waals surface area (Å²) < 4.78 is 5.38. The number of anilines is 1. The molecule has 0 bridgehead atoms. The van der Waals surface area contributed by atoms with Crippen LogP contribution in [0.5, 0.6) is 0 Å². The molecule has 0 aliphatic carbocycles. The average molecular weight is 347 g/mol. The van der Waals surface area contributed by atoms with Crippen molar-refractivity contribution in [2.24, 2.45) is 11.7 Å². The maximum atomic E-state index is 12.4. The molecule has 1 atom stereocenters. The Morgan fingerprint density at radius 1 is 1.20 bits per heavy atom. The van der Waals surface area contributed by atoms with Crippen LogP contribution in [0.3, 0.4) is 0 Å². The van der Waals surface area contributed by atoms with E-state index in [4.69, 9.17) is 10.5 Å². The van der Waals surface area contributed by atoms with Gasteiger partial charge in [0.1, 0.15) is 5.60 Å². The highest BCUT2D eigenvalue weighted by Crippen LogP contribution is 2.22. The molecule has 1 aliphatic rings. The van der Waals surface area contributed by atoms with E-state index in [0.717, 1.165) is 11.3 Å². The summed E-state index contributed by atoms with van der Waals surface area (Å²) >= 11 is 0. The Bertz CT molecular complexity index is 597. The molecule has 3 N–H and O–H groups in total. The second kappa shape index (κ2) is 7.87. The highest BCUT2D eigenvalue weighted by molar-refractivity contribution is 5.92. The van der Waals surface area contributed by atoms with E-state index in [0.29, 0.717) is 25.9 Å². The Balaban J connectivity index is 1.84. The molecule has 0 saturated carbocycles. The van der Waals surface area contributed by atoms with E-state index in [1.165, 1.54) is 0 Å². The molecular weight excluding hydrogens is 318 g/mol. The summed E-state index contributed by atoms with van der Waals surface area (Å²) in [6, 6.07) is 7.55. The first-order valence-electron chi connectivity index (χ1n) is 8.80. The molecule has 1 unspecified atom stereocenters. The molecule has 2 rings (SSSR count). The zero-order valence-electron chi connectivity index (χ0n) is 15.5. The van der Waals surface area contributed by atoms with Gasteiger partial charge >= 0.3 is 6.09 Å². The lowest BCUT2D eigenvalue weighted by Crippen LogP contribution is -2.43. The molecule has 0 spiro atoms. The molecule has 1 aliphatic heterocycles. The van der Waals surface area contributed by atoms with Crippen LogP contribution in [0.15, 0.2) is 24.3 Å². The Morgan fingerprint density at radius 2 is 1.76 bits per heavy atom. The molecule has 2 amide bonds. The Labute approximate surface area is 149 Å². The fourth-order valence-electron chi connectivity index (χ4n) is 2.77. The number of carbonyl (C=O) groups is 2. The molecule has 0 aromatic heterocycles. The molecule has 1 aromatic rings. The first-order valence-corrected chi connectivity index (χ1v) is 8.80. The minimum atomic E-state index is -0.501. The van der Waals surface area contributed by atoms with Gasteiger partial charge in [-0.15, -0.1) is 0 Å². The van der Waals surface area contributed by atoms with Crippen LogP contribution < -0.4 is 11.1 Å². The minimum Gasteiger partial charge on any atom is -0.444 e. The summed E-state index contributed by atoms with van der Waals surface area (Å²) in [6.07, 6.45) is 0.976. The largest absolute Gasteiger partial charge is 0.444 e. The molecular formula is C19H29N3O3. The minimum absolute atomic E-state index is 0.00242. The van der Waals surface area contributed by atoms with E-state index in [9.17, 15) is 9.59 Å². The van der Waals surface area contributed by atoms with Crippen molar-refractivity contribution < 1.29 is 14.3 Å². The van der Waals surface area contributed by atoms with E-state index >= 15 is 0 Å².